The minimum absolute atomic E-state index is 0.233. The maximum absolute atomic E-state index is 5.80. The first-order valence-electron chi connectivity index (χ1n) is 5.07. The number of hydrogen-bond donors (Lipinski definition) is 0. The minimum Gasteiger partial charge on any atom is -0.489 e. The molecule has 0 atom stereocenters. The Bertz CT molecular complexity index is 322. The predicted molar refractivity (Wildman–Crippen MR) is 81.7 cm³/mol. The lowest BCUT2D eigenvalue weighted by atomic mass is 10.0. The van der Waals surface area contributed by atoms with E-state index < -0.39 is 0 Å². The van der Waals surface area contributed by atoms with Crippen molar-refractivity contribution in [1.82, 2.24) is 0 Å². The molecule has 0 fully saturated rings. The lowest BCUT2D eigenvalue weighted by Crippen LogP contribution is -2.08. The Hall–Kier alpha value is 0.480. The van der Waals surface area contributed by atoms with Gasteiger partial charge in [-0.3, -0.25) is 0 Å². The molecule has 84 valence electrons. The first-order valence-corrected chi connectivity index (χ1v) is 7.23. The zero-order valence-electron chi connectivity index (χ0n) is 9.47. The molecule has 0 aromatic heterocycles. The van der Waals surface area contributed by atoms with Crippen LogP contribution in [0.3, 0.4) is 0 Å². The van der Waals surface area contributed by atoms with Crippen LogP contribution in [-0.2, 0) is 0 Å². The zero-order chi connectivity index (χ0) is 11.6. The number of rotatable bonds is 3. The van der Waals surface area contributed by atoms with E-state index in [1.54, 1.807) is 0 Å². The first kappa shape index (κ1) is 13.5. The molecule has 0 unspecified atom stereocenters. The summed E-state index contributed by atoms with van der Waals surface area (Å²) in [6.07, 6.45) is 0.233. The van der Waals surface area contributed by atoms with Gasteiger partial charge in [0, 0.05) is 0 Å². The van der Waals surface area contributed by atoms with Crippen LogP contribution in [0.1, 0.15) is 39.2 Å². The molecule has 0 saturated carbocycles. The number of hydrogen-bond acceptors (Lipinski definition) is 1. The maximum Gasteiger partial charge on any atom is 0.146 e. The van der Waals surface area contributed by atoms with Crippen LogP contribution in [0.2, 0.25) is 0 Å². The van der Waals surface area contributed by atoms with Crippen LogP contribution < -0.4 is 4.74 Å². The van der Waals surface area contributed by atoms with Crippen molar-refractivity contribution in [3.63, 3.8) is 0 Å². The van der Waals surface area contributed by atoms with E-state index in [9.17, 15) is 0 Å². The van der Waals surface area contributed by atoms with Gasteiger partial charge >= 0.3 is 0 Å². The SMILES string of the molecule is CC(C)Oc1c(I)cc(C(C)C)cc1I. The van der Waals surface area contributed by atoms with Crippen LogP contribution in [0.25, 0.3) is 0 Å². The van der Waals surface area contributed by atoms with E-state index >= 15 is 0 Å². The van der Waals surface area contributed by atoms with E-state index in [4.69, 9.17) is 4.74 Å². The molecule has 0 spiro atoms. The molecule has 0 amide bonds. The lowest BCUT2D eigenvalue weighted by Gasteiger charge is -2.16. The summed E-state index contributed by atoms with van der Waals surface area (Å²) in [7, 11) is 0. The highest BCUT2D eigenvalue weighted by Gasteiger charge is 2.11. The summed E-state index contributed by atoms with van der Waals surface area (Å²) in [5.74, 6) is 1.59. The molecule has 0 bridgehead atoms. The van der Waals surface area contributed by atoms with Crippen molar-refractivity contribution in [2.45, 2.75) is 39.7 Å². The van der Waals surface area contributed by atoms with Crippen LogP contribution in [-0.4, -0.2) is 6.10 Å². The van der Waals surface area contributed by atoms with Crippen LogP contribution in [0.5, 0.6) is 5.75 Å². The van der Waals surface area contributed by atoms with Gasteiger partial charge in [-0.05, 0) is 82.6 Å². The molecule has 0 radical (unpaired) electrons. The Morgan fingerprint density at radius 2 is 1.47 bits per heavy atom. The molecular weight excluding hydrogens is 414 g/mol. The monoisotopic (exact) mass is 430 g/mol. The minimum atomic E-state index is 0.233. The average Bonchev–Trinajstić information content (AvgIpc) is 2.10. The second-order valence-corrected chi connectivity index (χ2v) is 6.46. The summed E-state index contributed by atoms with van der Waals surface area (Å²) in [5.41, 5.74) is 1.37. The summed E-state index contributed by atoms with van der Waals surface area (Å²) in [6.45, 7) is 8.54. The molecule has 1 nitrogen and oxygen atoms in total. The van der Waals surface area contributed by atoms with Crippen LogP contribution in [0.4, 0.5) is 0 Å². The topological polar surface area (TPSA) is 9.23 Å². The molecule has 0 aliphatic rings. The molecule has 0 aliphatic carbocycles. The van der Waals surface area contributed by atoms with E-state index in [1.807, 2.05) is 0 Å². The van der Waals surface area contributed by atoms with Crippen molar-refractivity contribution in [2.75, 3.05) is 0 Å². The van der Waals surface area contributed by atoms with Crippen molar-refractivity contribution in [3.8, 4) is 5.75 Å². The molecule has 3 heteroatoms. The third-order valence-corrected chi connectivity index (χ3v) is 3.64. The quantitative estimate of drug-likeness (QED) is 0.626. The fourth-order valence-corrected chi connectivity index (χ4v) is 3.33. The van der Waals surface area contributed by atoms with Crippen LogP contribution >= 0.6 is 45.2 Å². The standard InChI is InChI=1S/C12H16I2O/c1-7(2)9-5-10(13)12(11(14)6-9)15-8(3)4/h5-8H,1-4H3. The van der Waals surface area contributed by atoms with Crippen molar-refractivity contribution >= 4 is 45.2 Å². The van der Waals surface area contributed by atoms with Gasteiger partial charge in [0.05, 0.1) is 13.2 Å². The summed E-state index contributed by atoms with van der Waals surface area (Å²) in [4.78, 5) is 0. The van der Waals surface area contributed by atoms with Gasteiger partial charge < -0.3 is 4.74 Å². The van der Waals surface area contributed by atoms with Crippen LogP contribution in [0, 0.1) is 7.14 Å². The van der Waals surface area contributed by atoms with Gasteiger partial charge in [0.15, 0.2) is 0 Å². The lowest BCUT2D eigenvalue weighted by molar-refractivity contribution is 0.238. The Kier molecular flexibility index (Phi) is 5.15. The van der Waals surface area contributed by atoms with Crippen molar-refractivity contribution in [1.29, 1.82) is 0 Å². The molecule has 1 aromatic rings. The second kappa shape index (κ2) is 5.70. The van der Waals surface area contributed by atoms with Gasteiger partial charge in [0.1, 0.15) is 5.75 Å². The van der Waals surface area contributed by atoms with Gasteiger partial charge in [0.25, 0.3) is 0 Å². The normalized spacial score (nSPS) is 11.2. The fourth-order valence-electron chi connectivity index (χ4n) is 1.26. The van der Waals surface area contributed by atoms with E-state index in [0.29, 0.717) is 5.92 Å². The highest BCUT2D eigenvalue weighted by atomic mass is 127. The zero-order valence-corrected chi connectivity index (χ0v) is 13.8. The van der Waals surface area contributed by atoms with E-state index in [-0.39, 0.29) is 6.10 Å². The third-order valence-electron chi connectivity index (χ3n) is 2.04. The van der Waals surface area contributed by atoms with E-state index in [1.165, 1.54) is 12.7 Å². The van der Waals surface area contributed by atoms with Gasteiger partial charge in [-0.25, -0.2) is 0 Å². The molecule has 0 heterocycles. The number of halogens is 2. The molecule has 0 aliphatic heterocycles. The number of benzene rings is 1. The fraction of sp³-hybridized carbons (Fsp3) is 0.500. The maximum atomic E-state index is 5.80. The smallest absolute Gasteiger partial charge is 0.146 e. The Morgan fingerprint density at radius 1 is 1.00 bits per heavy atom. The van der Waals surface area contributed by atoms with Gasteiger partial charge in [0.2, 0.25) is 0 Å². The predicted octanol–water partition coefficient (Wildman–Crippen LogP) is 4.81. The Morgan fingerprint density at radius 3 is 1.80 bits per heavy atom. The summed E-state index contributed by atoms with van der Waals surface area (Å²) >= 11 is 4.70. The molecule has 0 saturated heterocycles. The third kappa shape index (κ3) is 3.76. The van der Waals surface area contributed by atoms with E-state index in [2.05, 4.69) is 85.0 Å². The first-order chi connectivity index (χ1) is 6.91. The molecule has 15 heavy (non-hydrogen) atoms. The average molecular weight is 430 g/mol. The van der Waals surface area contributed by atoms with Gasteiger partial charge in [-0.2, -0.15) is 0 Å². The molecular formula is C12H16I2O. The van der Waals surface area contributed by atoms with Gasteiger partial charge in [-0.1, -0.05) is 13.8 Å². The second-order valence-electron chi connectivity index (χ2n) is 4.13. The van der Waals surface area contributed by atoms with E-state index in [0.717, 1.165) is 5.75 Å². The molecule has 1 aromatic carbocycles. The van der Waals surface area contributed by atoms with Crippen molar-refractivity contribution in [3.05, 3.63) is 24.8 Å². The Labute approximate surface area is 119 Å². The summed E-state index contributed by atoms with van der Waals surface area (Å²) < 4.78 is 8.21. The number of ether oxygens (including phenoxy) is 1. The molecule has 0 N–H and O–H groups in total. The summed E-state index contributed by atoms with van der Waals surface area (Å²) in [5, 5.41) is 0. The van der Waals surface area contributed by atoms with Crippen LogP contribution in [0.15, 0.2) is 12.1 Å². The highest BCUT2D eigenvalue weighted by molar-refractivity contribution is 14.1. The largest absolute Gasteiger partial charge is 0.489 e. The van der Waals surface area contributed by atoms with Crippen molar-refractivity contribution < 1.29 is 4.74 Å². The van der Waals surface area contributed by atoms with Gasteiger partial charge in [-0.15, -0.1) is 0 Å². The van der Waals surface area contributed by atoms with Crippen molar-refractivity contribution in [2.24, 2.45) is 0 Å². The Balaban J connectivity index is 3.10. The molecule has 1 rings (SSSR count). The highest BCUT2D eigenvalue weighted by Crippen LogP contribution is 2.32. The summed E-state index contributed by atoms with van der Waals surface area (Å²) in [6, 6.07) is 4.43.